The van der Waals surface area contributed by atoms with Crippen molar-refractivity contribution in [2.45, 2.75) is 19.9 Å². The summed E-state index contributed by atoms with van der Waals surface area (Å²) in [5.41, 5.74) is 2.14. The lowest BCUT2D eigenvalue weighted by Crippen LogP contribution is -2.17. The molecule has 17 heavy (non-hydrogen) atoms. The largest absolute Gasteiger partial charge is 0.312 e. The van der Waals surface area contributed by atoms with Gasteiger partial charge in [0.1, 0.15) is 5.82 Å². The van der Waals surface area contributed by atoms with Crippen molar-refractivity contribution in [1.29, 1.82) is 0 Å². The molecule has 0 fully saturated rings. The molecule has 0 bridgehead atoms. The van der Waals surface area contributed by atoms with Crippen LogP contribution in [0.1, 0.15) is 16.1 Å². The molecule has 1 heterocycles. The van der Waals surface area contributed by atoms with Crippen LogP contribution in [-0.2, 0) is 13.0 Å². The van der Waals surface area contributed by atoms with Crippen LogP contribution in [0, 0.1) is 12.7 Å². The van der Waals surface area contributed by atoms with Gasteiger partial charge in [-0.05, 0) is 30.2 Å². The molecule has 2 aromatic rings. The van der Waals surface area contributed by atoms with Crippen molar-refractivity contribution in [2.24, 2.45) is 0 Å². The molecule has 0 unspecified atom stereocenters. The number of nitrogens with one attached hydrogen (secondary N) is 1. The Morgan fingerprint density at radius 2 is 2.29 bits per heavy atom. The van der Waals surface area contributed by atoms with Gasteiger partial charge >= 0.3 is 0 Å². The van der Waals surface area contributed by atoms with Gasteiger partial charge in [0.15, 0.2) is 0 Å². The fourth-order valence-corrected chi connectivity index (χ4v) is 2.27. The molecule has 0 aliphatic heterocycles. The molecular weight excluding hydrogens is 235 g/mol. The highest BCUT2D eigenvalue weighted by molar-refractivity contribution is 7.09. The predicted molar refractivity (Wildman–Crippen MR) is 68.7 cm³/mol. The van der Waals surface area contributed by atoms with Crippen molar-refractivity contribution in [3.05, 3.63) is 51.7 Å². The Morgan fingerprint density at radius 1 is 1.41 bits per heavy atom. The average molecular weight is 250 g/mol. The third kappa shape index (κ3) is 3.61. The van der Waals surface area contributed by atoms with E-state index in [9.17, 15) is 4.39 Å². The number of benzene rings is 1. The molecular formula is C13H15FN2S. The van der Waals surface area contributed by atoms with Crippen molar-refractivity contribution in [1.82, 2.24) is 10.3 Å². The van der Waals surface area contributed by atoms with E-state index >= 15 is 0 Å². The number of hydrogen-bond acceptors (Lipinski definition) is 3. The van der Waals surface area contributed by atoms with Crippen molar-refractivity contribution < 1.29 is 4.39 Å². The first kappa shape index (κ1) is 12.2. The summed E-state index contributed by atoms with van der Waals surface area (Å²) in [5.74, 6) is -0.172. The quantitative estimate of drug-likeness (QED) is 0.825. The molecule has 0 aliphatic carbocycles. The first-order valence-corrected chi connectivity index (χ1v) is 6.48. The second kappa shape index (κ2) is 5.89. The topological polar surface area (TPSA) is 24.9 Å². The summed E-state index contributed by atoms with van der Waals surface area (Å²) in [5, 5.41) is 6.48. The Labute approximate surface area is 105 Å². The maximum absolute atomic E-state index is 12.9. The number of aromatic nitrogens is 1. The molecule has 2 rings (SSSR count). The van der Waals surface area contributed by atoms with Gasteiger partial charge in [-0.25, -0.2) is 9.37 Å². The van der Waals surface area contributed by atoms with E-state index < -0.39 is 0 Å². The highest BCUT2D eigenvalue weighted by atomic mass is 32.1. The van der Waals surface area contributed by atoms with E-state index in [-0.39, 0.29) is 5.82 Å². The molecule has 0 saturated carbocycles. The summed E-state index contributed by atoms with van der Waals surface area (Å²) in [6, 6.07) is 4.91. The van der Waals surface area contributed by atoms with Gasteiger partial charge in [0, 0.05) is 31.1 Å². The van der Waals surface area contributed by atoms with Crippen molar-refractivity contribution >= 4 is 11.3 Å². The summed E-state index contributed by atoms with van der Waals surface area (Å²) in [4.78, 5) is 4.22. The minimum atomic E-state index is -0.172. The van der Waals surface area contributed by atoms with Gasteiger partial charge in [-0.2, -0.15) is 0 Å². The molecule has 1 aromatic heterocycles. The first-order valence-electron chi connectivity index (χ1n) is 5.60. The lowest BCUT2D eigenvalue weighted by molar-refractivity contribution is 0.623. The number of aryl methyl sites for hydroxylation is 1. The van der Waals surface area contributed by atoms with Crippen LogP contribution in [0.15, 0.2) is 29.8 Å². The SMILES string of the molecule is Cc1cc(F)ccc1CNCCc1nccs1. The summed E-state index contributed by atoms with van der Waals surface area (Å²) in [6.07, 6.45) is 2.77. The van der Waals surface area contributed by atoms with Gasteiger partial charge in [-0.15, -0.1) is 11.3 Å². The standard InChI is InChI=1S/C13H15FN2S/c1-10-8-12(14)3-2-11(10)9-15-5-4-13-16-6-7-17-13/h2-3,6-8,15H,4-5,9H2,1H3. The Kier molecular flexibility index (Phi) is 4.23. The van der Waals surface area contributed by atoms with Crippen LogP contribution in [0.4, 0.5) is 4.39 Å². The van der Waals surface area contributed by atoms with Crippen LogP contribution >= 0.6 is 11.3 Å². The van der Waals surface area contributed by atoms with E-state index in [2.05, 4.69) is 10.3 Å². The Balaban J connectivity index is 1.78. The van der Waals surface area contributed by atoms with Crippen molar-refractivity contribution in [3.63, 3.8) is 0 Å². The van der Waals surface area contributed by atoms with E-state index in [4.69, 9.17) is 0 Å². The summed E-state index contributed by atoms with van der Waals surface area (Å²) >= 11 is 1.67. The maximum atomic E-state index is 12.9. The fourth-order valence-electron chi connectivity index (χ4n) is 1.65. The Hall–Kier alpha value is -1.26. The van der Waals surface area contributed by atoms with Crippen LogP contribution in [0.3, 0.4) is 0 Å². The number of nitrogens with zero attached hydrogens (tertiary/aromatic N) is 1. The van der Waals surface area contributed by atoms with Gasteiger partial charge in [0.25, 0.3) is 0 Å². The molecule has 0 spiro atoms. The molecule has 0 radical (unpaired) electrons. The number of thiazole rings is 1. The van der Waals surface area contributed by atoms with Crippen molar-refractivity contribution in [3.8, 4) is 0 Å². The lowest BCUT2D eigenvalue weighted by Gasteiger charge is -2.07. The van der Waals surface area contributed by atoms with Gasteiger partial charge in [-0.3, -0.25) is 0 Å². The smallest absolute Gasteiger partial charge is 0.123 e. The average Bonchev–Trinajstić information content (AvgIpc) is 2.79. The molecule has 1 N–H and O–H groups in total. The zero-order valence-electron chi connectivity index (χ0n) is 9.74. The normalized spacial score (nSPS) is 10.7. The van der Waals surface area contributed by atoms with Crippen LogP contribution in [0.25, 0.3) is 0 Å². The summed E-state index contributed by atoms with van der Waals surface area (Å²) in [7, 11) is 0. The lowest BCUT2D eigenvalue weighted by atomic mass is 10.1. The molecule has 2 nitrogen and oxygen atoms in total. The first-order chi connectivity index (χ1) is 8.25. The van der Waals surface area contributed by atoms with Crippen LogP contribution in [-0.4, -0.2) is 11.5 Å². The summed E-state index contributed by atoms with van der Waals surface area (Å²) < 4.78 is 12.9. The summed E-state index contributed by atoms with van der Waals surface area (Å²) in [6.45, 7) is 3.60. The monoisotopic (exact) mass is 250 g/mol. The molecule has 0 amide bonds. The highest BCUT2D eigenvalue weighted by Crippen LogP contribution is 2.10. The minimum absolute atomic E-state index is 0.172. The van der Waals surface area contributed by atoms with Crippen LogP contribution in [0.5, 0.6) is 0 Å². The van der Waals surface area contributed by atoms with Crippen LogP contribution < -0.4 is 5.32 Å². The number of rotatable bonds is 5. The van der Waals surface area contributed by atoms with E-state index in [1.807, 2.05) is 24.6 Å². The third-order valence-electron chi connectivity index (χ3n) is 2.62. The van der Waals surface area contributed by atoms with Gasteiger partial charge in [-0.1, -0.05) is 6.07 Å². The van der Waals surface area contributed by atoms with E-state index in [0.717, 1.165) is 35.6 Å². The second-order valence-electron chi connectivity index (χ2n) is 3.92. The number of hydrogen-bond donors (Lipinski definition) is 1. The van der Waals surface area contributed by atoms with Crippen molar-refractivity contribution in [2.75, 3.05) is 6.54 Å². The maximum Gasteiger partial charge on any atom is 0.123 e. The van der Waals surface area contributed by atoms with Gasteiger partial charge < -0.3 is 5.32 Å². The Morgan fingerprint density at radius 3 is 3.00 bits per heavy atom. The number of halogens is 1. The highest BCUT2D eigenvalue weighted by Gasteiger charge is 2.00. The fraction of sp³-hybridized carbons (Fsp3) is 0.308. The zero-order chi connectivity index (χ0) is 12.1. The third-order valence-corrected chi connectivity index (χ3v) is 3.46. The van der Waals surface area contributed by atoms with E-state index in [1.165, 1.54) is 6.07 Å². The molecule has 1 aromatic carbocycles. The van der Waals surface area contributed by atoms with E-state index in [0.29, 0.717) is 0 Å². The molecule has 90 valence electrons. The molecule has 0 aliphatic rings. The molecule has 0 atom stereocenters. The van der Waals surface area contributed by atoms with Crippen LogP contribution in [0.2, 0.25) is 0 Å². The Bertz CT molecular complexity index is 468. The van der Waals surface area contributed by atoms with Gasteiger partial charge in [0.2, 0.25) is 0 Å². The second-order valence-corrected chi connectivity index (χ2v) is 4.90. The van der Waals surface area contributed by atoms with Gasteiger partial charge in [0.05, 0.1) is 5.01 Å². The molecule has 4 heteroatoms. The van der Waals surface area contributed by atoms with E-state index in [1.54, 1.807) is 17.4 Å². The molecule has 0 saturated heterocycles. The zero-order valence-corrected chi connectivity index (χ0v) is 10.6. The predicted octanol–water partition coefficient (Wildman–Crippen LogP) is 2.92. The minimum Gasteiger partial charge on any atom is -0.312 e.